The van der Waals surface area contributed by atoms with E-state index in [-0.39, 0.29) is 11.2 Å². The molecule has 2 aliphatic rings. The summed E-state index contributed by atoms with van der Waals surface area (Å²) >= 11 is 6.02. The van der Waals surface area contributed by atoms with Crippen molar-refractivity contribution < 1.29 is 9.13 Å². The Morgan fingerprint density at radius 2 is 2.00 bits per heavy atom. The van der Waals surface area contributed by atoms with Crippen LogP contribution in [0.4, 0.5) is 16.0 Å². The van der Waals surface area contributed by atoms with Crippen LogP contribution in [0.2, 0.25) is 0 Å². The number of ether oxygens (including phenoxy) is 1. The van der Waals surface area contributed by atoms with Crippen molar-refractivity contribution in [3.63, 3.8) is 0 Å². The maximum absolute atomic E-state index is 14.1. The SMILES string of the molecule is CC1(c2csnc2OCC2CC(c3cnc(Nc4ccc(SN)cc4F)nc3)C2)CC1.CS. The van der Waals surface area contributed by atoms with Crippen molar-refractivity contribution in [2.45, 2.75) is 48.8 Å². The third kappa shape index (κ3) is 5.62. The fourth-order valence-electron chi connectivity index (χ4n) is 3.93. The molecule has 0 bridgehead atoms. The number of rotatable bonds is 8. The second kappa shape index (κ2) is 10.6. The molecule has 3 aromatic rings. The quantitative estimate of drug-likeness (QED) is 0.258. The van der Waals surface area contributed by atoms with Crippen molar-refractivity contribution in [3.05, 3.63) is 52.9 Å². The molecule has 0 radical (unpaired) electrons. The van der Waals surface area contributed by atoms with Gasteiger partial charge in [0.05, 0.1) is 12.3 Å². The Kier molecular flexibility index (Phi) is 7.78. The average Bonchev–Trinajstić information content (AvgIpc) is 3.37. The van der Waals surface area contributed by atoms with Gasteiger partial charge in [0.25, 0.3) is 0 Å². The van der Waals surface area contributed by atoms with Crippen LogP contribution < -0.4 is 15.2 Å². The zero-order valence-electron chi connectivity index (χ0n) is 18.6. The summed E-state index contributed by atoms with van der Waals surface area (Å²) in [5, 5.41) is 10.5. The van der Waals surface area contributed by atoms with Crippen molar-refractivity contribution in [1.82, 2.24) is 14.3 Å². The van der Waals surface area contributed by atoms with Gasteiger partial charge in [0.15, 0.2) is 0 Å². The van der Waals surface area contributed by atoms with Crippen LogP contribution >= 0.6 is 36.1 Å². The first-order valence-corrected chi connectivity index (χ1v) is 13.4. The molecule has 2 fully saturated rings. The molecule has 33 heavy (non-hydrogen) atoms. The topological polar surface area (TPSA) is 86.0 Å². The monoisotopic (exact) mass is 505 g/mol. The minimum atomic E-state index is -0.385. The molecule has 0 spiro atoms. The number of nitrogens with zero attached hydrogens (tertiary/aromatic N) is 3. The van der Waals surface area contributed by atoms with E-state index in [1.807, 2.05) is 12.4 Å². The Labute approximate surface area is 207 Å². The highest BCUT2D eigenvalue weighted by Gasteiger charge is 2.42. The fraction of sp³-hybridized carbons (Fsp3) is 0.435. The van der Waals surface area contributed by atoms with Gasteiger partial charge in [-0.3, -0.25) is 5.14 Å². The molecule has 0 aliphatic heterocycles. The second-order valence-electron chi connectivity index (χ2n) is 8.66. The molecule has 5 rings (SSSR count). The van der Waals surface area contributed by atoms with E-state index in [1.165, 1.54) is 36.0 Å². The van der Waals surface area contributed by atoms with E-state index in [0.717, 1.165) is 36.2 Å². The van der Waals surface area contributed by atoms with Crippen LogP contribution in [0.3, 0.4) is 0 Å². The van der Waals surface area contributed by atoms with Gasteiger partial charge in [-0.25, -0.2) is 14.4 Å². The third-order valence-electron chi connectivity index (χ3n) is 6.34. The molecule has 1 aromatic carbocycles. The number of hydrogen-bond acceptors (Lipinski definition) is 9. The summed E-state index contributed by atoms with van der Waals surface area (Å²) in [5.41, 5.74) is 2.99. The molecular weight excluding hydrogens is 477 g/mol. The maximum Gasteiger partial charge on any atom is 0.228 e. The van der Waals surface area contributed by atoms with Crippen LogP contribution in [-0.4, -0.2) is 27.2 Å². The molecule has 0 unspecified atom stereocenters. The number of nitrogens with two attached hydrogens (primary N) is 1. The fourth-order valence-corrected chi connectivity index (χ4v) is 5.04. The first-order valence-electron chi connectivity index (χ1n) is 10.8. The summed E-state index contributed by atoms with van der Waals surface area (Å²) < 4.78 is 24.6. The molecule has 0 saturated heterocycles. The molecule has 0 amide bonds. The molecule has 2 aromatic heterocycles. The molecule has 176 valence electrons. The summed E-state index contributed by atoms with van der Waals surface area (Å²) in [7, 11) is 0. The zero-order valence-corrected chi connectivity index (χ0v) is 21.2. The Morgan fingerprint density at radius 3 is 2.64 bits per heavy atom. The molecule has 2 saturated carbocycles. The lowest BCUT2D eigenvalue weighted by molar-refractivity contribution is 0.153. The van der Waals surface area contributed by atoms with Gasteiger partial charge in [-0.05, 0) is 96.4 Å². The normalized spacial score (nSPS) is 20.3. The lowest BCUT2D eigenvalue weighted by Gasteiger charge is -2.35. The average molecular weight is 506 g/mol. The van der Waals surface area contributed by atoms with Crippen molar-refractivity contribution in [2.24, 2.45) is 11.1 Å². The first-order chi connectivity index (χ1) is 16.0. The van der Waals surface area contributed by atoms with Crippen molar-refractivity contribution >= 4 is 47.7 Å². The number of nitrogens with one attached hydrogen (secondary N) is 1. The highest BCUT2D eigenvalue weighted by atomic mass is 32.2. The summed E-state index contributed by atoms with van der Waals surface area (Å²) in [5.74, 6) is 1.79. The smallest absolute Gasteiger partial charge is 0.228 e. The van der Waals surface area contributed by atoms with E-state index < -0.39 is 0 Å². The molecule has 0 atom stereocenters. The van der Waals surface area contributed by atoms with Gasteiger partial charge in [-0.1, -0.05) is 6.92 Å². The summed E-state index contributed by atoms with van der Waals surface area (Å²) in [6.45, 7) is 2.99. The Hall–Kier alpha value is -1.88. The van der Waals surface area contributed by atoms with Gasteiger partial charge in [0.1, 0.15) is 5.82 Å². The molecule has 3 N–H and O–H groups in total. The van der Waals surface area contributed by atoms with Gasteiger partial charge in [0.2, 0.25) is 11.8 Å². The largest absolute Gasteiger partial charge is 0.477 e. The van der Waals surface area contributed by atoms with Crippen LogP contribution in [0.25, 0.3) is 0 Å². The standard InChI is InChI=1S/C22H24FN5OS2.CH4S/c1-22(4-5-22)17-12-30-28-20(17)29-11-13-6-14(7-13)15-9-25-21(26-10-15)27-19-3-2-16(31-24)8-18(19)23;1-2/h2-3,8-10,12-14H,4-7,11,24H2,1H3,(H,25,26,27);2H,1H3. The van der Waals surface area contributed by atoms with Crippen LogP contribution in [0.5, 0.6) is 5.88 Å². The van der Waals surface area contributed by atoms with E-state index in [1.54, 1.807) is 18.4 Å². The van der Waals surface area contributed by atoms with Gasteiger partial charge in [-0.15, -0.1) is 0 Å². The van der Waals surface area contributed by atoms with E-state index in [0.29, 0.717) is 35.0 Å². The van der Waals surface area contributed by atoms with Gasteiger partial charge < -0.3 is 10.1 Å². The minimum Gasteiger partial charge on any atom is -0.477 e. The highest BCUT2D eigenvalue weighted by molar-refractivity contribution is 7.97. The molecular formula is C23H28FN5OS3. The Bertz CT molecular complexity index is 1070. The predicted molar refractivity (Wildman–Crippen MR) is 136 cm³/mol. The second-order valence-corrected chi connectivity index (χ2v) is 10.0. The zero-order chi connectivity index (χ0) is 23.4. The van der Waals surface area contributed by atoms with E-state index >= 15 is 0 Å². The third-order valence-corrected chi connectivity index (χ3v) is 7.48. The molecule has 6 nitrogen and oxygen atoms in total. The number of thiol groups is 1. The number of hydrogen-bond donors (Lipinski definition) is 3. The van der Waals surface area contributed by atoms with E-state index in [9.17, 15) is 4.39 Å². The molecule has 10 heteroatoms. The Morgan fingerprint density at radius 1 is 1.27 bits per heavy atom. The summed E-state index contributed by atoms with van der Waals surface area (Å²) in [6.07, 6.45) is 9.91. The van der Waals surface area contributed by atoms with Crippen molar-refractivity contribution in [2.75, 3.05) is 18.2 Å². The first kappa shape index (κ1) is 24.3. The number of anilines is 2. The predicted octanol–water partition coefficient (Wildman–Crippen LogP) is 5.95. The molecule has 2 heterocycles. The maximum atomic E-state index is 14.1. The van der Waals surface area contributed by atoms with Crippen molar-refractivity contribution in [3.8, 4) is 5.88 Å². The van der Waals surface area contributed by atoms with Crippen LogP contribution in [0.15, 0.2) is 40.9 Å². The molecule has 2 aliphatic carbocycles. The number of halogens is 1. The minimum absolute atomic E-state index is 0.284. The van der Waals surface area contributed by atoms with Gasteiger partial charge in [0, 0.05) is 28.2 Å². The van der Waals surface area contributed by atoms with Gasteiger partial charge in [-0.2, -0.15) is 17.0 Å². The lowest BCUT2D eigenvalue weighted by atomic mass is 9.72. The van der Waals surface area contributed by atoms with Crippen LogP contribution in [0, 0.1) is 11.7 Å². The summed E-state index contributed by atoms with van der Waals surface area (Å²) in [4.78, 5) is 9.38. The summed E-state index contributed by atoms with van der Waals surface area (Å²) in [6, 6.07) is 4.77. The Balaban J connectivity index is 0.00000126. The van der Waals surface area contributed by atoms with E-state index in [4.69, 9.17) is 9.88 Å². The van der Waals surface area contributed by atoms with Crippen LogP contribution in [0.1, 0.15) is 49.7 Å². The number of aromatic nitrogens is 3. The lowest BCUT2D eigenvalue weighted by Crippen LogP contribution is -2.27. The number of benzene rings is 1. The van der Waals surface area contributed by atoms with Crippen LogP contribution in [-0.2, 0) is 5.41 Å². The highest BCUT2D eigenvalue weighted by Crippen LogP contribution is 2.51. The van der Waals surface area contributed by atoms with E-state index in [2.05, 4.69) is 44.6 Å². The van der Waals surface area contributed by atoms with Gasteiger partial charge >= 0.3 is 0 Å². The van der Waals surface area contributed by atoms with Crippen molar-refractivity contribution in [1.29, 1.82) is 0 Å².